The Morgan fingerprint density at radius 3 is 2.67 bits per heavy atom. The highest BCUT2D eigenvalue weighted by Gasteiger charge is 2.16. The molecular weight excluding hydrogens is 292 g/mol. The Hall–Kier alpha value is -2.28. The van der Waals surface area contributed by atoms with Gasteiger partial charge in [0.15, 0.2) is 0 Å². The van der Waals surface area contributed by atoms with Crippen LogP contribution in [0, 0.1) is 0 Å². The Labute approximate surface area is 146 Å². The van der Waals surface area contributed by atoms with E-state index in [2.05, 4.69) is 49.9 Å². The molecule has 0 amide bonds. The summed E-state index contributed by atoms with van der Waals surface area (Å²) in [6, 6.07) is 12.2. The van der Waals surface area contributed by atoms with Crippen molar-refractivity contribution < 1.29 is 5.11 Å². The summed E-state index contributed by atoms with van der Waals surface area (Å²) in [7, 11) is 0. The lowest BCUT2D eigenvalue weighted by atomic mass is 9.87. The zero-order valence-corrected chi connectivity index (χ0v) is 14.6. The first-order chi connectivity index (χ1) is 11.8. The van der Waals surface area contributed by atoms with E-state index in [1.165, 1.54) is 23.6 Å². The number of fused-ring (bicyclic) bond motifs is 1. The van der Waals surface area contributed by atoms with E-state index in [0.29, 0.717) is 11.7 Å². The van der Waals surface area contributed by atoms with Crippen molar-refractivity contribution in [2.75, 3.05) is 0 Å². The van der Waals surface area contributed by atoms with Gasteiger partial charge in [0, 0.05) is 5.56 Å². The van der Waals surface area contributed by atoms with Gasteiger partial charge in [-0.25, -0.2) is 0 Å². The highest BCUT2D eigenvalue weighted by atomic mass is 16.3. The summed E-state index contributed by atoms with van der Waals surface area (Å²) in [5.41, 5.74) is 1.13. The standard InChI is InChI=1S/C23H28O/c1-3-5-6-7-8-9-10-11-14-19(4-2)23-21-16-13-12-15-20(21)17-18-22(23)24/h3,5-8,12-13,15-19,24H,1,4,9-11,14H2,2H3. The Morgan fingerprint density at radius 2 is 1.88 bits per heavy atom. The summed E-state index contributed by atoms with van der Waals surface area (Å²) in [4.78, 5) is 0. The lowest BCUT2D eigenvalue weighted by molar-refractivity contribution is 0.454. The number of unbranched alkanes of at least 4 members (excludes halogenated alkanes) is 2. The molecule has 0 radical (unpaired) electrons. The van der Waals surface area contributed by atoms with Crippen LogP contribution in [0.3, 0.4) is 0 Å². The molecule has 1 heteroatoms. The first-order valence-corrected chi connectivity index (χ1v) is 8.92. The lowest BCUT2D eigenvalue weighted by Gasteiger charge is -2.19. The molecule has 0 aromatic heterocycles. The van der Waals surface area contributed by atoms with Crippen LogP contribution >= 0.6 is 0 Å². The van der Waals surface area contributed by atoms with Crippen LogP contribution < -0.4 is 0 Å². The molecule has 1 nitrogen and oxygen atoms in total. The van der Waals surface area contributed by atoms with Crippen LogP contribution in [0.1, 0.15) is 50.5 Å². The van der Waals surface area contributed by atoms with Gasteiger partial charge >= 0.3 is 0 Å². The molecule has 0 saturated carbocycles. The molecule has 0 heterocycles. The van der Waals surface area contributed by atoms with E-state index in [9.17, 15) is 5.11 Å². The van der Waals surface area contributed by atoms with Crippen molar-refractivity contribution in [3.8, 4) is 5.75 Å². The number of benzene rings is 2. The average molecular weight is 320 g/mol. The van der Waals surface area contributed by atoms with Crippen molar-refractivity contribution in [1.29, 1.82) is 0 Å². The molecule has 0 aliphatic heterocycles. The van der Waals surface area contributed by atoms with E-state index in [1.54, 1.807) is 6.08 Å². The largest absolute Gasteiger partial charge is 0.508 e. The molecule has 2 rings (SSSR count). The number of hydrogen-bond donors (Lipinski definition) is 1. The fourth-order valence-electron chi connectivity index (χ4n) is 3.24. The highest BCUT2D eigenvalue weighted by Crippen LogP contribution is 2.37. The predicted octanol–water partition coefficient (Wildman–Crippen LogP) is 6.90. The van der Waals surface area contributed by atoms with Crippen molar-refractivity contribution in [2.45, 2.75) is 44.9 Å². The molecular formula is C23H28O. The van der Waals surface area contributed by atoms with Gasteiger partial charge in [-0.15, -0.1) is 0 Å². The van der Waals surface area contributed by atoms with Crippen molar-refractivity contribution in [3.63, 3.8) is 0 Å². The smallest absolute Gasteiger partial charge is 0.119 e. The van der Waals surface area contributed by atoms with Gasteiger partial charge in [0.1, 0.15) is 5.75 Å². The van der Waals surface area contributed by atoms with Crippen LogP contribution in [0.25, 0.3) is 10.8 Å². The van der Waals surface area contributed by atoms with E-state index in [4.69, 9.17) is 0 Å². The Balaban J connectivity index is 1.99. The minimum absolute atomic E-state index is 0.417. The molecule has 2 aromatic rings. The summed E-state index contributed by atoms with van der Waals surface area (Å²) in [5.74, 6) is 0.857. The number of hydrogen-bond acceptors (Lipinski definition) is 1. The fraction of sp³-hybridized carbons (Fsp3) is 0.304. The summed E-state index contributed by atoms with van der Waals surface area (Å²) < 4.78 is 0. The van der Waals surface area contributed by atoms with Gasteiger partial charge in [0.05, 0.1) is 0 Å². The van der Waals surface area contributed by atoms with Crippen molar-refractivity contribution in [2.24, 2.45) is 0 Å². The summed E-state index contributed by atoms with van der Waals surface area (Å²) in [5, 5.41) is 12.8. The van der Waals surface area contributed by atoms with Gasteiger partial charge in [-0.05, 0) is 48.4 Å². The molecule has 0 aliphatic rings. The van der Waals surface area contributed by atoms with Gasteiger partial charge in [-0.3, -0.25) is 0 Å². The first kappa shape index (κ1) is 18.1. The Bertz CT molecular complexity index is 709. The third-order valence-electron chi connectivity index (χ3n) is 4.52. The Morgan fingerprint density at radius 1 is 1.04 bits per heavy atom. The van der Waals surface area contributed by atoms with E-state index >= 15 is 0 Å². The van der Waals surface area contributed by atoms with Crippen molar-refractivity contribution in [3.05, 3.63) is 78.9 Å². The van der Waals surface area contributed by atoms with Crippen LogP contribution in [-0.4, -0.2) is 5.11 Å². The molecule has 1 atom stereocenters. The van der Waals surface area contributed by atoms with E-state index in [1.807, 2.05) is 24.3 Å². The number of phenolic OH excluding ortho intramolecular Hbond substituents is 1. The maximum Gasteiger partial charge on any atom is 0.119 e. The first-order valence-electron chi connectivity index (χ1n) is 8.92. The molecule has 0 saturated heterocycles. The SMILES string of the molecule is C=CC=CC=CCCCCC(CC)c1c(O)ccc2ccccc12. The van der Waals surface area contributed by atoms with Crippen molar-refractivity contribution in [1.82, 2.24) is 0 Å². The van der Waals surface area contributed by atoms with E-state index in [0.717, 1.165) is 24.8 Å². The van der Waals surface area contributed by atoms with Crippen molar-refractivity contribution >= 4 is 10.8 Å². The molecule has 126 valence electrons. The third-order valence-corrected chi connectivity index (χ3v) is 4.52. The monoisotopic (exact) mass is 320 g/mol. The molecule has 1 N–H and O–H groups in total. The zero-order valence-electron chi connectivity index (χ0n) is 14.6. The van der Waals surface area contributed by atoms with Crippen LogP contribution in [0.5, 0.6) is 5.75 Å². The quantitative estimate of drug-likeness (QED) is 0.393. The fourth-order valence-corrected chi connectivity index (χ4v) is 3.24. The van der Waals surface area contributed by atoms with Crippen LogP contribution in [0.2, 0.25) is 0 Å². The van der Waals surface area contributed by atoms with Crippen LogP contribution in [0.15, 0.2) is 73.4 Å². The minimum Gasteiger partial charge on any atom is -0.508 e. The highest BCUT2D eigenvalue weighted by molar-refractivity contribution is 5.88. The summed E-state index contributed by atoms with van der Waals surface area (Å²) in [6.07, 6.45) is 15.6. The second kappa shape index (κ2) is 9.77. The van der Waals surface area contributed by atoms with Gasteiger partial charge in [0.2, 0.25) is 0 Å². The molecule has 2 aromatic carbocycles. The molecule has 0 aliphatic carbocycles. The third kappa shape index (κ3) is 4.86. The average Bonchev–Trinajstić information content (AvgIpc) is 2.61. The maximum absolute atomic E-state index is 10.4. The molecule has 1 unspecified atom stereocenters. The maximum atomic E-state index is 10.4. The Kier molecular flexibility index (Phi) is 7.35. The normalized spacial score (nSPS) is 13.0. The number of aromatic hydroxyl groups is 1. The van der Waals surface area contributed by atoms with Gasteiger partial charge < -0.3 is 5.11 Å². The van der Waals surface area contributed by atoms with Crippen LogP contribution in [0.4, 0.5) is 0 Å². The van der Waals surface area contributed by atoms with E-state index in [-0.39, 0.29) is 0 Å². The lowest BCUT2D eigenvalue weighted by Crippen LogP contribution is -1.99. The second-order valence-electron chi connectivity index (χ2n) is 6.16. The molecule has 0 bridgehead atoms. The van der Waals surface area contributed by atoms with Gasteiger partial charge in [-0.1, -0.05) is 80.6 Å². The number of rotatable bonds is 9. The second-order valence-corrected chi connectivity index (χ2v) is 6.16. The molecule has 0 spiro atoms. The molecule has 0 fully saturated rings. The number of phenols is 1. The summed E-state index contributed by atoms with van der Waals surface area (Å²) in [6.45, 7) is 5.87. The minimum atomic E-state index is 0.417. The summed E-state index contributed by atoms with van der Waals surface area (Å²) >= 11 is 0. The van der Waals surface area contributed by atoms with Gasteiger partial charge in [0.25, 0.3) is 0 Å². The zero-order chi connectivity index (χ0) is 17.2. The topological polar surface area (TPSA) is 20.2 Å². The molecule has 24 heavy (non-hydrogen) atoms. The number of allylic oxidation sites excluding steroid dienone is 5. The predicted molar refractivity (Wildman–Crippen MR) is 106 cm³/mol. The van der Waals surface area contributed by atoms with Crippen LogP contribution in [-0.2, 0) is 0 Å². The van der Waals surface area contributed by atoms with E-state index < -0.39 is 0 Å². The van der Waals surface area contributed by atoms with Gasteiger partial charge in [-0.2, -0.15) is 0 Å².